The molecule has 2 aromatic rings. The van der Waals surface area contributed by atoms with E-state index in [2.05, 4.69) is 19.7 Å². The van der Waals surface area contributed by atoms with Gasteiger partial charge in [-0.25, -0.2) is 4.79 Å². The van der Waals surface area contributed by atoms with Crippen LogP contribution in [0.1, 0.15) is 25.7 Å². The summed E-state index contributed by atoms with van der Waals surface area (Å²) >= 11 is 1.21. The fourth-order valence-corrected chi connectivity index (χ4v) is 2.27. The highest BCUT2D eigenvalue weighted by Gasteiger charge is 2.20. The number of esters is 1. The Labute approximate surface area is 107 Å². The number of methoxy groups -OCH3 is 1. The second-order valence-electron chi connectivity index (χ2n) is 3.45. The molecule has 18 heavy (non-hydrogen) atoms. The van der Waals surface area contributed by atoms with E-state index in [1.165, 1.54) is 30.8 Å². The molecule has 0 saturated heterocycles. The van der Waals surface area contributed by atoms with Crippen molar-refractivity contribution in [1.82, 2.24) is 5.16 Å². The van der Waals surface area contributed by atoms with Crippen molar-refractivity contribution in [1.29, 1.82) is 0 Å². The lowest BCUT2D eigenvalue weighted by atomic mass is 10.2. The number of nitrogens with one attached hydrogen (secondary N) is 1. The number of aryl methyl sites for hydroxylation is 1. The molecule has 0 aromatic carbocycles. The lowest BCUT2D eigenvalue weighted by molar-refractivity contribution is 0.0607. The normalized spacial score (nSPS) is 10.1. The molecule has 2 rings (SSSR count). The van der Waals surface area contributed by atoms with Crippen LogP contribution in [0, 0.1) is 6.92 Å². The topological polar surface area (TPSA) is 81.4 Å². The molecule has 0 unspecified atom stereocenters. The van der Waals surface area contributed by atoms with Gasteiger partial charge in [-0.15, -0.1) is 11.3 Å². The van der Waals surface area contributed by atoms with E-state index in [1.807, 2.05) is 0 Å². The van der Waals surface area contributed by atoms with E-state index >= 15 is 0 Å². The van der Waals surface area contributed by atoms with E-state index in [4.69, 9.17) is 0 Å². The second-order valence-corrected chi connectivity index (χ2v) is 4.33. The molecule has 0 aliphatic heterocycles. The Morgan fingerprint density at radius 3 is 2.89 bits per heavy atom. The summed E-state index contributed by atoms with van der Waals surface area (Å²) in [5.41, 5.74) is 1.38. The molecule has 0 aliphatic rings. The Balaban J connectivity index is 2.26. The molecular formula is C11H10N2O4S. The van der Waals surface area contributed by atoms with E-state index in [1.54, 1.807) is 12.3 Å². The third-order valence-electron chi connectivity index (χ3n) is 2.25. The van der Waals surface area contributed by atoms with Gasteiger partial charge in [-0.05, 0) is 17.9 Å². The van der Waals surface area contributed by atoms with Gasteiger partial charge in [0.15, 0.2) is 5.69 Å². The van der Waals surface area contributed by atoms with Crippen molar-refractivity contribution in [3.63, 3.8) is 0 Å². The molecule has 0 radical (unpaired) electrons. The lowest BCUT2D eigenvalue weighted by Gasteiger charge is -2.05. The predicted octanol–water partition coefficient (Wildman–Crippen LogP) is 2.08. The summed E-state index contributed by atoms with van der Waals surface area (Å²) in [6.07, 6.45) is 1.30. The number of rotatable bonds is 3. The average Bonchev–Trinajstić information content (AvgIpc) is 2.99. The van der Waals surface area contributed by atoms with E-state index in [0.29, 0.717) is 10.6 Å². The van der Waals surface area contributed by atoms with Crippen LogP contribution >= 0.6 is 11.3 Å². The van der Waals surface area contributed by atoms with Gasteiger partial charge in [0, 0.05) is 6.07 Å². The summed E-state index contributed by atoms with van der Waals surface area (Å²) in [6, 6.07) is 1.44. The number of aromatic nitrogens is 1. The van der Waals surface area contributed by atoms with Crippen molar-refractivity contribution in [2.24, 2.45) is 0 Å². The summed E-state index contributed by atoms with van der Waals surface area (Å²) < 4.78 is 9.23. The number of anilines is 1. The molecule has 0 atom stereocenters. The molecule has 6 nitrogen and oxygen atoms in total. The summed E-state index contributed by atoms with van der Waals surface area (Å²) in [6.45, 7) is 1.79. The van der Waals surface area contributed by atoms with Crippen LogP contribution in [-0.4, -0.2) is 24.1 Å². The number of ether oxygens (including phenoxy) is 1. The zero-order valence-corrected chi connectivity index (χ0v) is 10.5. The van der Waals surface area contributed by atoms with Gasteiger partial charge in [0.2, 0.25) is 0 Å². The van der Waals surface area contributed by atoms with Crippen LogP contribution in [0.25, 0.3) is 0 Å². The molecule has 94 valence electrons. The first kappa shape index (κ1) is 12.3. The van der Waals surface area contributed by atoms with Gasteiger partial charge < -0.3 is 14.6 Å². The van der Waals surface area contributed by atoms with E-state index in [9.17, 15) is 9.59 Å². The maximum absolute atomic E-state index is 11.8. The number of thiophene rings is 1. The maximum Gasteiger partial charge on any atom is 0.350 e. The van der Waals surface area contributed by atoms with Gasteiger partial charge in [0.05, 0.1) is 12.8 Å². The smallest absolute Gasteiger partial charge is 0.350 e. The highest BCUT2D eigenvalue weighted by Crippen LogP contribution is 2.28. The number of nitrogens with zero attached hydrogens (tertiary/aromatic N) is 1. The zero-order chi connectivity index (χ0) is 13.1. The lowest BCUT2D eigenvalue weighted by Crippen LogP contribution is -2.15. The van der Waals surface area contributed by atoms with E-state index < -0.39 is 11.9 Å². The number of carbonyl (C=O) groups is 2. The fourth-order valence-electron chi connectivity index (χ4n) is 1.35. The zero-order valence-electron chi connectivity index (χ0n) is 9.72. The Hall–Kier alpha value is -2.15. The third kappa shape index (κ3) is 2.25. The Bertz CT molecular complexity index is 574. The molecule has 0 bridgehead atoms. The second kappa shape index (κ2) is 5.01. The summed E-state index contributed by atoms with van der Waals surface area (Å²) in [5, 5.41) is 7.91. The first-order valence-corrected chi connectivity index (χ1v) is 5.89. The first-order chi connectivity index (χ1) is 8.63. The minimum Gasteiger partial charge on any atom is -0.465 e. The van der Waals surface area contributed by atoms with Crippen molar-refractivity contribution in [3.8, 4) is 0 Å². The number of amides is 1. The highest BCUT2D eigenvalue weighted by atomic mass is 32.1. The average molecular weight is 266 g/mol. The minimum absolute atomic E-state index is 0.149. The molecule has 2 aromatic heterocycles. The molecule has 1 amide bonds. The van der Waals surface area contributed by atoms with Crippen LogP contribution in [0.5, 0.6) is 0 Å². The van der Waals surface area contributed by atoms with Crippen molar-refractivity contribution >= 4 is 28.9 Å². The largest absolute Gasteiger partial charge is 0.465 e. The van der Waals surface area contributed by atoms with Gasteiger partial charge >= 0.3 is 5.97 Å². The van der Waals surface area contributed by atoms with E-state index in [0.717, 1.165) is 5.56 Å². The Morgan fingerprint density at radius 1 is 1.50 bits per heavy atom. The third-order valence-corrected chi connectivity index (χ3v) is 3.33. The number of carbonyl (C=O) groups excluding carboxylic acids is 2. The van der Waals surface area contributed by atoms with Crippen LogP contribution in [0.2, 0.25) is 0 Å². The van der Waals surface area contributed by atoms with Crippen LogP contribution in [0.15, 0.2) is 22.2 Å². The fraction of sp³-hybridized carbons (Fsp3) is 0.182. The van der Waals surface area contributed by atoms with Gasteiger partial charge in [-0.1, -0.05) is 5.16 Å². The highest BCUT2D eigenvalue weighted by molar-refractivity contribution is 7.12. The summed E-state index contributed by atoms with van der Waals surface area (Å²) in [5.74, 6) is -0.918. The SMILES string of the molecule is COC(=O)c1scc(C)c1NC(=O)c1ccon1. The monoisotopic (exact) mass is 266 g/mol. The molecule has 1 N–H and O–H groups in total. The molecule has 7 heteroatoms. The van der Waals surface area contributed by atoms with Crippen molar-refractivity contribution in [2.45, 2.75) is 6.92 Å². The standard InChI is InChI=1S/C11H10N2O4S/c1-6-5-18-9(11(15)16-2)8(6)12-10(14)7-3-4-17-13-7/h3-5H,1-2H3,(H,12,14). The van der Waals surface area contributed by atoms with Crippen LogP contribution in [-0.2, 0) is 4.74 Å². The Morgan fingerprint density at radius 2 is 2.28 bits per heavy atom. The minimum atomic E-state index is -0.483. The van der Waals surface area contributed by atoms with Crippen molar-refractivity contribution < 1.29 is 18.8 Å². The molecule has 0 fully saturated rings. The number of hydrogen-bond acceptors (Lipinski definition) is 6. The van der Waals surface area contributed by atoms with Crippen LogP contribution in [0.4, 0.5) is 5.69 Å². The molecule has 0 saturated carbocycles. The maximum atomic E-state index is 11.8. The molecular weight excluding hydrogens is 256 g/mol. The van der Waals surface area contributed by atoms with Gasteiger partial charge in [-0.3, -0.25) is 4.79 Å². The van der Waals surface area contributed by atoms with E-state index in [-0.39, 0.29) is 5.69 Å². The van der Waals surface area contributed by atoms with Gasteiger partial charge in [0.1, 0.15) is 11.1 Å². The quantitative estimate of drug-likeness (QED) is 0.860. The summed E-state index contributed by atoms with van der Waals surface area (Å²) in [7, 11) is 1.29. The Kier molecular flexibility index (Phi) is 3.42. The van der Waals surface area contributed by atoms with Crippen molar-refractivity contribution in [3.05, 3.63) is 33.8 Å². The van der Waals surface area contributed by atoms with Gasteiger partial charge in [0.25, 0.3) is 5.91 Å². The van der Waals surface area contributed by atoms with Crippen LogP contribution < -0.4 is 5.32 Å². The molecule has 0 spiro atoms. The summed E-state index contributed by atoms with van der Waals surface area (Å²) in [4.78, 5) is 23.7. The van der Waals surface area contributed by atoms with Gasteiger partial charge in [-0.2, -0.15) is 0 Å². The molecule has 2 heterocycles. The van der Waals surface area contributed by atoms with Crippen molar-refractivity contribution in [2.75, 3.05) is 12.4 Å². The number of hydrogen-bond donors (Lipinski definition) is 1. The van der Waals surface area contributed by atoms with Crippen LogP contribution in [0.3, 0.4) is 0 Å². The first-order valence-electron chi connectivity index (χ1n) is 5.01. The molecule has 0 aliphatic carbocycles. The predicted molar refractivity (Wildman–Crippen MR) is 64.9 cm³/mol.